The number of fused-ring (bicyclic) bond motifs is 6. The molecule has 0 saturated carbocycles. The monoisotopic (exact) mass is 930 g/mol. The van der Waals surface area contributed by atoms with Crippen LogP contribution < -0.4 is 20.1 Å². The van der Waals surface area contributed by atoms with Crippen LogP contribution in [-0.2, 0) is 19.1 Å². The van der Waals surface area contributed by atoms with Crippen molar-refractivity contribution in [3.05, 3.63) is 136 Å². The van der Waals surface area contributed by atoms with Gasteiger partial charge in [-0.15, -0.1) is 32.2 Å². The van der Waals surface area contributed by atoms with Gasteiger partial charge in [0.2, 0.25) is 11.8 Å². The molecule has 4 aromatic carbocycles. The molecular formula is C48H51ClN10O6S. The first-order chi connectivity index (χ1) is 32.1. The summed E-state index contributed by atoms with van der Waals surface area (Å²) < 4.78 is 26.7. The molecule has 0 aliphatic carbocycles. The number of aliphatic imine (C=N–C) groups is 2. The van der Waals surface area contributed by atoms with Crippen LogP contribution in [0.25, 0.3) is 11.4 Å². The molecule has 0 saturated heterocycles. The number of carbonyl (C=O) groups excluding carboxylic acids is 2. The predicted octanol–water partition coefficient (Wildman–Crippen LogP) is 6.78. The molecular weight excluding hydrogens is 880 g/mol. The largest absolute Gasteiger partial charge is 0.497 e. The summed E-state index contributed by atoms with van der Waals surface area (Å²) in [5.74, 6) is 4.40. The van der Waals surface area contributed by atoms with Crippen LogP contribution in [0.4, 0.5) is 0 Å². The maximum absolute atomic E-state index is 13.3. The number of halogens is 1. The summed E-state index contributed by atoms with van der Waals surface area (Å²) in [6, 6.07) is 26.2. The predicted molar refractivity (Wildman–Crippen MR) is 253 cm³/mol. The number of hydrogen-bond donors (Lipinski definition) is 2. The number of nitrogens with one attached hydrogen (secondary N) is 2. The van der Waals surface area contributed by atoms with Crippen LogP contribution >= 0.6 is 23.4 Å². The Morgan fingerprint density at radius 1 is 0.652 bits per heavy atom. The zero-order chi connectivity index (χ0) is 46.2. The highest BCUT2D eigenvalue weighted by atomic mass is 35.5. The first-order valence-corrected chi connectivity index (χ1v) is 23.1. The summed E-state index contributed by atoms with van der Waals surface area (Å²) in [5.41, 5.74) is 6.60. The molecule has 0 spiro atoms. The summed E-state index contributed by atoms with van der Waals surface area (Å²) in [4.78, 5) is 37.5. The Kier molecular flexibility index (Phi) is 14.9. The van der Waals surface area contributed by atoms with Crippen molar-refractivity contribution < 1.29 is 28.5 Å². The number of aromatic nitrogens is 6. The third-order valence-corrected chi connectivity index (χ3v) is 12.3. The Labute approximate surface area is 392 Å². The molecule has 16 nitrogen and oxygen atoms in total. The number of benzene rings is 4. The van der Waals surface area contributed by atoms with Crippen molar-refractivity contribution in [3.63, 3.8) is 0 Å². The van der Waals surface area contributed by atoms with Gasteiger partial charge in [0, 0.05) is 51.0 Å². The fourth-order valence-corrected chi connectivity index (χ4v) is 8.84. The Morgan fingerprint density at radius 3 is 1.67 bits per heavy atom. The zero-order valence-corrected chi connectivity index (χ0v) is 39.0. The van der Waals surface area contributed by atoms with Gasteiger partial charge in [0.05, 0.1) is 76.3 Å². The first kappa shape index (κ1) is 46.1. The van der Waals surface area contributed by atoms with Gasteiger partial charge in [0.1, 0.15) is 35.2 Å². The topological polar surface area (TPSA) is 181 Å². The highest BCUT2D eigenvalue weighted by Gasteiger charge is 2.32. The van der Waals surface area contributed by atoms with Crippen molar-refractivity contribution in [2.45, 2.75) is 50.6 Å². The van der Waals surface area contributed by atoms with Crippen molar-refractivity contribution in [1.82, 2.24) is 40.2 Å². The normalized spacial score (nSPS) is 14.9. The number of methoxy groups -OCH3 is 2. The van der Waals surface area contributed by atoms with Crippen molar-refractivity contribution in [2.24, 2.45) is 9.98 Å². The van der Waals surface area contributed by atoms with Gasteiger partial charge in [-0.05, 0) is 81.4 Å². The van der Waals surface area contributed by atoms with E-state index in [-0.39, 0.29) is 24.7 Å². The summed E-state index contributed by atoms with van der Waals surface area (Å²) >= 11 is 7.92. The molecule has 2 aromatic heterocycles. The van der Waals surface area contributed by atoms with Gasteiger partial charge < -0.3 is 29.6 Å². The smallest absolute Gasteiger partial charge is 0.222 e. The maximum Gasteiger partial charge on any atom is 0.222 e. The van der Waals surface area contributed by atoms with Crippen LogP contribution in [0, 0.1) is 13.8 Å². The van der Waals surface area contributed by atoms with E-state index in [9.17, 15) is 9.59 Å². The van der Waals surface area contributed by atoms with Gasteiger partial charge in [-0.3, -0.25) is 28.7 Å². The van der Waals surface area contributed by atoms with Crippen LogP contribution in [-0.4, -0.2) is 112 Å². The van der Waals surface area contributed by atoms with E-state index in [0.29, 0.717) is 85.0 Å². The molecule has 0 radical (unpaired) electrons. The van der Waals surface area contributed by atoms with Gasteiger partial charge in [-0.2, -0.15) is 0 Å². The molecule has 6 aromatic rings. The van der Waals surface area contributed by atoms with Crippen molar-refractivity contribution in [2.75, 3.05) is 59.5 Å². The average molecular weight is 932 g/mol. The fraction of sp³-hybridized carbons (Fsp3) is 0.333. The summed E-state index contributed by atoms with van der Waals surface area (Å²) in [6.07, 6.45) is 0.200. The lowest BCUT2D eigenvalue weighted by Crippen LogP contribution is -2.29. The molecule has 342 valence electrons. The second kappa shape index (κ2) is 21.3. The van der Waals surface area contributed by atoms with Gasteiger partial charge in [-0.25, -0.2) is 0 Å². The summed E-state index contributed by atoms with van der Waals surface area (Å²) in [7, 11) is 3.26. The Balaban J connectivity index is 0.810. The molecule has 18 heteroatoms. The standard InChI is InChI=1S/C48H51ClN10O6S/c1-6-50-43(60)27-39-47-56-54-29(2)58(47)42-18-14-35(63-5)26-38(42)46(52-39)32-9-15-36(16-10-32)66-24-23-65-22-21-64-20-19-51-44(61)28-40-48-57-55-30(3)59(48)41-17-13-34(62-4)25-37(41)45(53-40)31-7-11-33(49)12-8-31/h7-18,25-26,39-40H,6,19-24,27-28H2,1-5H3,(H,50,60)(H,51,61)/t39-,40-/m0/s1. The lowest BCUT2D eigenvalue weighted by atomic mass is 10.00. The molecule has 2 atom stereocenters. The number of nitrogens with zero attached hydrogens (tertiary/aromatic N) is 8. The van der Waals surface area contributed by atoms with E-state index in [1.54, 1.807) is 26.0 Å². The second-order valence-electron chi connectivity index (χ2n) is 15.5. The van der Waals surface area contributed by atoms with Crippen LogP contribution in [0.2, 0.25) is 5.02 Å². The van der Waals surface area contributed by atoms with Gasteiger partial charge in [-0.1, -0.05) is 35.9 Å². The Morgan fingerprint density at radius 2 is 1.15 bits per heavy atom. The highest BCUT2D eigenvalue weighted by molar-refractivity contribution is 7.99. The van der Waals surface area contributed by atoms with Gasteiger partial charge in [0.15, 0.2) is 11.6 Å². The number of aryl methyl sites for hydroxylation is 2. The third-order valence-electron chi connectivity index (χ3n) is 11.1. The van der Waals surface area contributed by atoms with E-state index in [4.69, 9.17) is 40.5 Å². The SMILES string of the molecule is CCNC(=O)C[C@@H]1N=C(c2ccc(SCCOCCOCCNC(=O)C[C@@H]3N=C(c4ccc(Cl)cc4)c4cc(OC)ccc4-n4c(C)nnc43)cc2)c2cc(OC)ccc2-n2c(C)nnc21. The summed E-state index contributed by atoms with van der Waals surface area (Å²) in [5, 5.41) is 24.1. The van der Waals surface area contributed by atoms with E-state index < -0.39 is 12.1 Å². The number of amides is 2. The lowest BCUT2D eigenvalue weighted by Gasteiger charge is -2.14. The van der Waals surface area contributed by atoms with Gasteiger partial charge in [0.25, 0.3) is 0 Å². The molecule has 8 rings (SSSR count). The van der Waals surface area contributed by atoms with Gasteiger partial charge >= 0.3 is 0 Å². The Bertz CT molecular complexity index is 2760. The lowest BCUT2D eigenvalue weighted by molar-refractivity contribution is -0.122. The highest BCUT2D eigenvalue weighted by Crippen LogP contribution is 2.36. The van der Waals surface area contributed by atoms with E-state index in [0.717, 1.165) is 50.0 Å². The van der Waals surface area contributed by atoms with E-state index in [1.165, 1.54) is 0 Å². The molecule has 2 aliphatic heterocycles. The number of hydrogen-bond acceptors (Lipinski definition) is 13. The molecule has 2 amide bonds. The van der Waals surface area contributed by atoms with E-state index in [1.807, 2.05) is 103 Å². The zero-order valence-electron chi connectivity index (χ0n) is 37.4. The Hall–Kier alpha value is -6.40. The minimum Gasteiger partial charge on any atom is -0.497 e. The second-order valence-corrected chi connectivity index (χ2v) is 17.1. The average Bonchev–Trinajstić information content (AvgIpc) is 3.83. The number of rotatable bonds is 19. The third kappa shape index (κ3) is 10.3. The van der Waals surface area contributed by atoms with Crippen LogP contribution in [0.5, 0.6) is 11.5 Å². The number of thioether (sulfide) groups is 1. The molecule has 66 heavy (non-hydrogen) atoms. The minimum atomic E-state index is -0.605. The van der Waals surface area contributed by atoms with Crippen LogP contribution in [0.1, 0.15) is 77.4 Å². The number of ether oxygens (including phenoxy) is 4. The maximum atomic E-state index is 13.3. The fourth-order valence-electron chi connectivity index (χ4n) is 7.95. The molecule has 2 aliphatic rings. The quantitative estimate of drug-likeness (QED) is 0.0646. The molecule has 0 unspecified atom stereocenters. The van der Waals surface area contributed by atoms with Crippen molar-refractivity contribution in [3.8, 4) is 22.9 Å². The van der Waals surface area contributed by atoms with E-state index >= 15 is 0 Å². The molecule has 0 fully saturated rings. The van der Waals surface area contributed by atoms with Crippen LogP contribution in [0.3, 0.4) is 0 Å². The van der Waals surface area contributed by atoms with Crippen molar-refractivity contribution in [1.29, 1.82) is 0 Å². The summed E-state index contributed by atoms with van der Waals surface area (Å²) in [6.45, 7) is 8.20. The molecule has 2 N–H and O–H groups in total. The number of carbonyl (C=O) groups is 2. The van der Waals surface area contributed by atoms with Crippen LogP contribution in [0.15, 0.2) is 99.8 Å². The molecule has 0 bridgehead atoms. The molecule has 4 heterocycles. The first-order valence-electron chi connectivity index (χ1n) is 21.7. The van der Waals surface area contributed by atoms with E-state index in [2.05, 4.69) is 43.2 Å². The van der Waals surface area contributed by atoms with Crippen molar-refractivity contribution >= 4 is 46.6 Å². The minimum absolute atomic E-state index is 0.0613.